The van der Waals surface area contributed by atoms with Crippen molar-refractivity contribution in [2.24, 2.45) is 0 Å². The van der Waals surface area contributed by atoms with Crippen molar-refractivity contribution < 1.29 is 0 Å². The molecule has 0 aliphatic carbocycles. The van der Waals surface area contributed by atoms with Gasteiger partial charge in [0.05, 0.1) is 16.2 Å². The second-order valence-corrected chi connectivity index (χ2v) is 12.0. The van der Waals surface area contributed by atoms with Gasteiger partial charge in [0.1, 0.15) is 0 Å². The predicted octanol–water partition coefficient (Wildman–Crippen LogP) is 9.84. The number of rotatable bonds is 0. The highest BCUT2D eigenvalue weighted by Gasteiger charge is 2.15. The fourth-order valence-electron chi connectivity index (χ4n) is 1.88. The van der Waals surface area contributed by atoms with Crippen LogP contribution in [-0.2, 0) is 16.2 Å². The third kappa shape index (κ3) is 12.6. The van der Waals surface area contributed by atoms with E-state index in [1.54, 1.807) is 22.7 Å². The number of thiophene rings is 1. The zero-order valence-electron chi connectivity index (χ0n) is 18.2. The van der Waals surface area contributed by atoms with Gasteiger partial charge in [-0.15, -0.1) is 34.0 Å². The first-order valence-corrected chi connectivity index (χ1v) is 11.8. The molecule has 3 heterocycles. The summed E-state index contributed by atoms with van der Waals surface area (Å²) in [6, 6.07) is 4.29. The molecular formula is C25H46N2S3. The zero-order valence-corrected chi connectivity index (χ0v) is 20.6. The summed E-state index contributed by atoms with van der Waals surface area (Å²) in [6.45, 7) is 19.7. The summed E-state index contributed by atoms with van der Waals surface area (Å²) in [5.74, 6) is 0. The second kappa shape index (κ2) is 14.1. The van der Waals surface area contributed by atoms with Crippen molar-refractivity contribution in [2.45, 2.75) is 101 Å². The van der Waals surface area contributed by atoms with Crippen molar-refractivity contribution in [3.8, 4) is 0 Å². The van der Waals surface area contributed by atoms with Crippen LogP contribution in [0.5, 0.6) is 0 Å². The molecule has 0 radical (unpaired) electrons. The van der Waals surface area contributed by atoms with Crippen molar-refractivity contribution in [2.75, 3.05) is 0 Å². The van der Waals surface area contributed by atoms with E-state index in [0.29, 0.717) is 5.41 Å². The molecule has 3 aromatic heterocycles. The molecule has 0 spiro atoms. The van der Waals surface area contributed by atoms with Gasteiger partial charge in [0.25, 0.3) is 0 Å². The molecule has 0 amide bonds. The Hall–Kier alpha value is -1.04. The lowest BCUT2D eigenvalue weighted by Crippen LogP contribution is -2.10. The quantitative estimate of drug-likeness (QED) is 0.326. The third-order valence-electron chi connectivity index (χ3n) is 3.54. The van der Waals surface area contributed by atoms with Crippen LogP contribution in [0.1, 0.15) is 100 Å². The maximum absolute atomic E-state index is 4.21. The molecule has 3 aromatic rings. The molecule has 3 rings (SSSR count). The van der Waals surface area contributed by atoms with Crippen LogP contribution in [0.25, 0.3) is 0 Å². The van der Waals surface area contributed by atoms with Gasteiger partial charge < -0.3 is 0 Å². The highest BCUT2D eigenvalue weighted by atomic mass is 32.1. The van der Waals surface area contributed by atoms with Crippen LogP contribution in [-0.4, -0.2) is 9.97 Å². The van der Waals surface area contributed by atoms with E-state index in [-0.39, 0.29) is 33.1 Å². The van der Waals surface area contributed by atoms with E-state index in [9.17, 15) is 0 Å². The van der Waals surface area contributed by atoms with Crippen LogP contribution in [0.4, 0.5) is 0 Å². The van der Waals surface area contributed by atoms with Crippen LogP contribution in [0.2, 0.25) is 0 Å². The Bertz CT molecular complexity index is 617. The predicted molar refractivity (Wildman–Crippen MR) is 145 cm³/mol. The van der Waals surface area contributed by atoms with Gasteiger partial charge in [0, 0.05) is 32.7 Å². The maximum atomic E-state index is 4.21. The summed E-state index contributed by atoms with van der Waals surface area (Å²) in [4.78, 5) is 9.87. The van der Waals surface area contributed by atoms with Gasteiger partial charge in [-0.05, 0) is 16.9 Å². The van der Waals surface area contributed by atoms with Gasteiger partial charge in [0.2, 0.25) is 0 Å². The highest BCUT2D eigenvalue weighted by Crippen LogP contribution is 2.26. The highest BCUT2D eigenvalue weighted by molar-refractivity contribution is 7.10. The van der Waals surface area contributed by atoms with Crippen molar-refractivity contribution in [1.82, 2.24) is 9.97 Å². The molecule has 0 aliphatic heterocycles. The molecule has 0 unspecified atom stereocenters. The molecule has 0 saturated heterocycles. The molecule has 2 nitrogen and oxygen atoms in total. The topological polar surface area (TPSA) is 25.8 Å². The zero-order chi connectivity index (χ0) is 20.7. The van der Waals surface area contributed by atoms with E-state index in [4.69, 9.17) is 0 Å². The number of aromatic nitrogens is 2. The Labute approximate surface area is 199 Å². The van der Waals surface area contributed by atoms with Crippen molar-refractivity contribution in [3.63, 3.8) is 0 Å². The molecular weight excluding hydrogens is 424 g/mol. The van der Waals surface area contributed by atoms with Gasteiger partial charge in [-0.3, -0.25) is 0 Å². The Morgan fingerprint density at radius 1 is 0.700 bits per heavy atom. The molecule has 0 aliphatic rings. The summed E-state index contributed by atoms with van der Waals surface area (Å²) in [5, 5.41) is 7.45. The van der Waals surface area contributed by atoms with Crippen LogP contribution in [0, 0.1) is 0 Å². The first-order valence-electron chi connectivity index (χ1n) is 9.14. The van der Waals surface area contributed by atoms with E-state index in [2.05, 4.69) is 95.2 Å². The molecule has 0 fully saturated rings. The van der Waals surface area contributed by atoms with Gasteiger partial charge in [-0.2, -0.15) is 0 Å². The van der Waals surface area contributed by atoms with Gasteiger partial charge in [0.15, 0.2) is 0 Å². The minimum atomic E-state index is 0. The normalized spacial score (nSPS) is 10.7. The monoisotopic (exact) mass is 470 g/mol. The molecule has 5 heteroatoms. The van der Waals surface area contributed by atoms with Gasteiger partial charge in [-0.1, -0.05) is 90.7 Å². The lowest BCUT2D eigenvalue weighted by molar-refractivity contribution is 0.573. The number of thiazole rings is 2. The SMILES string of the molecule is C.C.C.CC(C)(C)c1cccs1.CC(C)(C)c1cscn1.CC(C)(C)c1nccs1. The van der Waals surface area contributed by atoms with Crippen LogP contribution >= 0.6 is 34.0 Å². The number of hydrogen-bond acceptors (Lipinski definition) is 5. The fourth-order valence-corrected chi connectivity index (χ4v) is 4.20. The summed E-state index contributed by atoms with van der Waals surface area (Å²) in [7, 11) is 0. The van der Waals surface area contributed by atoms with Crippen molar-refractivity contribution >= 4 is 34.0 Å². The molecule has 0 atom stereocenters. The Morgan fingerprint density at radius 2 is 1.30 bits per heavy atom. The Morgan fingerprint density at radius 3 is 1.50 bits per heavy atom. The lowest BCUT2D eigenvalue weighted by Gasteiger charge is -2.14. The summed E-state index contributed by atoms with van der Waals surface area (Å²) in [5.41, 5.74) is 3.86. The molecule has 0 N–H and O–H groups in total. The van der Waals surface area contributed by atoms with Gasteiger partial charge in [-0.25, -0.2) is 9.97 Å². The van der Waals surface area contributed by atoms with Crippen molar-refractivity contribution in [3.05, 3.63) is 55.6 Å². The molecule has 30 heavy (non-hydrogen) atoms. The number of hydrogen-bond donors (Lipinski definition) is 0. The first-order chi connectivity index (χ1) is 12.3. The van der Waals surface area contributed by atoms with E-state index in [1.807, 2.05) is 28.4 Å². The van der Waals surface area contributed by atoms with Crippen LogP contribution < -0.4 is 0 Å². The van der Waals surface area contributed by atoms with E-state index in [1.165, 1.54) is 15.6 Å². The molecule has 0 bridgehead atoms. The summed E-state index contributed by atoms with van der Waals surface area (Å²) < 4.78 is 0. The minimum absolute atomic E-state index is 0. The van der Waals surface area contributed by atoms with Gasteiger partial charge >= 0.3 is 0 Å². The van der Waals surface area contributed by atoms with E-state index in [0.717, 1.165) is 0 Å². The number of nitrogens with zero attached hydrogens (tertiary/aromatic N) is 2. The molecule has 0 saturated carbocycles. The van der Waals surface area contributed by atoms with Crippen LogP contribution in [0.3, 0.4) is 0 Å². The van der Waals surface area contributed by atoms with Crippen LogP contribution in [0.15, 0.2) is 40.0 Å². The first kappa shape index (κ1) is 33.6. The van der Waals surface area contributed by atoms with E-state index < -0.39 is 0 Å². The lowest BCUT2D eigenvalue weighted by atomic mass is 9.93. The standard InChI is InChI=1S/C8H12S.2C7H11NS.3CH4/c1-8(2,3)7-5-4-6-9-7;1-7(2,3)6-4-9-5-8-6;1-7(2,3)6-8-4-5-9-6;;;/h4-6H,1-3H3;2*4-5H,1-3H3;3*1H4. The second-order valence-electron chi connectivity index (χ2n) is 9.44. The fraction of sp³-hybridized carbons (Fsp3) is 0.600. The van der Waals surface area contributed by atoms with Crippen molar-refractivity contribution in [1.29, 1.82) is 0 Å². The summed E-state index contributed by atoms with van der Waals surface area (Å²) in [6.07, 6.45) is 1.85. The Balaban J connectivity index is -0.000000347. The van der Waals surface area contributed by atoms with E-state index >= 15 is 0 Å². The summed E-state index contributed by atoms with van der Waals surface area (Å²) >= 11 is 5.20. The maximum Gasteiger partial charge on any atom is 0.0978 e. The average Bonchev–Trinajstić information content (AvgIpc) is 3.28. The third-order valence-corrected chi connectivity index (χ3v) is 6.62. The average molecular weight is 471 g/mol. The minimum Gasteiger partial charge on any atom is -0.249 e. The molecule has 0 aromatic carbocycles. The Kier molecular flexibility index (Phi) is 15.8. The molecule has 174 valence electrons. The smallest absolute Gasteiger partial charge is 0.0978 e. The largest absolute Gasteiger partial charge is 0.249 e.